The average molecular weight is 328 g/mol. The summed E-state index contributed by atoms with van der Waals surface area (Å²) in [5, 5.41) is 0. The zero-order chi connectivity index (χ0) is 14.4. The van der Waals surface area contributed by atoms with Gasteiger partial charge in [-0.25, -0.2) is 0 Å². The summed E-state index contributed by atoms with van der Waals surface area (Å²) in [4.78, 5) is 13.6. The molecule has 0 aliphatic heterocycles. The minimum Gasteiger partial charge on any atom is -0.491 e. The summed E-state index contributed by atoms with van der Waals surface area (Å²) >= 11 is 3.42. The second-order valence-electron chi connectivity index (χ2n) is 5.02. The average Bonchev–Trinajstić information content (AvgIpc) is 2.38. The normalized spacial score (nSPS) is 12.3. The molecule has 1 rings (SSSR count). The Kier molecular flexibility index (Phi) is 6.35. The van der Waals surface area contributed by atoms with Gasteiger partial charge in [0.2, 0.25) is 5.91 Å². The molecule has 3 nitrogen and oxygen atoms in total. The Bertz CT molecular complexity index is 420. The van der Waals surface area contributed by atoms with Gasteiger partial charge in [0.25, 0.3) is 0 Å². The molecule has 0 N–H and O–H groups in total. The van der Waals surface area contributed by atoms with Crippen LogP contribution < -0.4 is 4.74 Å². The van der Waals surface area contributed by atoms with Crippen LogP contribution in [0.15, 0.2) is 24.3 Å². The predicted octanol–water partition coefficient (Wildman–Crippen LogP) is 3.25. The summed E-state index contributed by atoms with van der Waals surface area (Å²) in [6, 6.07) is 7.89. The molecule has 0 bridgehead atoms. The zero-order valence-electron chi connectivity index (χ0n) is 12.0. The van der Waals surface area contributed by atoms with Crippen LogP contribution in [0, 0.1) is 12.8 Å². The highest BCUT2D eigenvalue weighted by atomic mass is 79.9. The molecule has 0 heterocycles. The molecule has 0 saturated carbocycles. The summed E-state index contributed by atoms with van der Waals surface area (Å²) in [7, 11) is 1.81. The molecule has 0 aliphatic rings. The number of aryl methyl sites for hydroxylation is 1. The molecule has 0 spiro atoms. The predicted molar refractivity (Wildman–Crippen MR) is 81.9 cm³/mol. The molecule has 0 fully saturated rings. The van der Waals surface area contributed by atoms with E-state index in [4.69, 9.17) is 4.74 Å². The number of para-hydroxylation sites is 1. The number of nitrogens with zero attached hydrogens (tertiary/aromatic N) is 1. The highest BCUT2D eigenvalue weighted by molar-refractivity contribution is 9.10. The third-order valence-corrected chi connectivity index (χ3v) is 4.42. The first kappa shape index (κ1) is 16.0. The molecule has 0 saturated heterocycles. The maximum absolute atomic E-state index is 12.0. The SMILES string of the molecule is Cc1ccccc1OCCN(C)C(=O)C(Br)C(C)C. The number of ether oxygens (including phenoxy) is 1. The minimum absolute atomic E-state index is 0.100. The number of hydrogen-bond acceptors (Lipinski definition) is 2. The van der Waals surface area contributed by atoms with Crippen molar-refractivity contribution in [2.45, 2.75) is 25.6 Å². The number of rotatable bonds is 6. The van der Waals surface area contributed by atoms with Gasteiger partial charge in [-0.05, 0) is 24.5 Å². The van der Waals surface area contributed by atoms with Gasteiger partial charge in [-0.15, -0.1) is 0 Å². The third kappa shape index (κ3) is 4.86. The van der Waals surface area contributed by atoms with Crippen LogP contribution in [0.3, 0.4) is 0 Å². The molecular formula is C15H22BrNO2. The first-order chi connectivity index (χ1) is 8.93. The van der Waals surface area contributed by atoms with Crippen molar-refractivity contribution < 1.29 is 9.53 Å². The van der Waals surface area contributed by atoms with Crippen molar-refractivity contribution in [2.24, 2.45) is 5.92 Å². The highest BCUT2D eigenvalue weighted by Gasteiger charge is 2.21. The molecule has 19 heavy (non-hydrogen) atoms. The molecule has 1 aromatic rings. The van der Waals surface area contributed by atoms with E-state index in [-0.39, 0.29) is 16.7 Å². The van der Waals surface area contributed by atoms with Crippen LogP contribution in [-0.2, 0) is 4.79 Å². The van der Waals surface area contributed by atoms with E-state index in [1.54, 1.807) is 11.9 Å². The van der Waals surface area contributed by atoms with Crippen molar-refractivity contribution in [2.75, 3.05) is 20.2 Å². The van der Waals surface area contributed by atoms with E-state index in [1.807, 2.05) is 45.0 Å². The van der Waals surface area contributed by atoms with Gasteiger partial charge < -0.3 is 9.64 Å². The van der Waals surface area contributed by atoms with Gasteiger partial charge in [-0.2, -0.15) is 0 Å². The molecule has 1 unspecified atom stereocenters. The number of carbonyl (C=O) groups excluding carboxylic acids is 1. The largest absolute Gasteiger partial charge is 0.491 e. The smallest absolute Gasteiger partial charge is 0.236 e. The second-order valence-corrected chi connectivity index (χ2v) is 6.01. The van der Waals surface area contributed by atoms with Crippen LogP contribution in [0.1, 0.15) is 19.4 Å². The standard InChI is InChI=1S/C15H22BrNO2/c1-11(2)14(16)15(18)17(4)9-10-19-13-8-6-5-7-12(13)3/h5-8,11,14H,9-10H2,1-4H3. The zero-order valence-corrected chi connectivity index (χ0v) is 13.6. The Morgan fingerprint density at radius 1 is 1.37 bits per heavy atom. The minimum atomic E-state index is -0.129. The Morgan fingerprint density at radius 3 is 2.58 bits per heavy atom. The second kappa shape index (κ2) is 7.53. The lowest BCUT2D eigenvalue weighted by molar-refractivity contribution is -0.130. The van der Waals surface area contributed by atoms with E-state index < -0.39 is 0 Å². The number of benzene rings is 1. The van der Waals surface area contributed by atoms with Crippen LogP contribution >= 0.6 is 15.9 Å². The molecule has 4 heteroatoms. The monoisotopic (exact) mass is 327 g/mol. The van der Waals surface area contributed by atoms with E-state index >= 15 is 0 Å². The van der Waals surface area contributed by atoms with E-state index in [2.05, 4.69) is 15.9 Å². The number of hydrogen-bond donors (Lipinski definition) is 0. The van der Waals surface area contributed by atoms with Gasteiger partial charge in [0, 0.05) is 7.05 Å². The molecule has 1 aromatic carbocycles. The summed E-state index contributed by atoms with van der Waals surface area (Å²) in [5.74, 6) is 1.26. The van der Waals surface area contributed by atoms with Gasteiger partial charge in [0.15, 0.2) is 0 Å². The maximum Gasteiger partial charge on any atom is 0.236 e. The first-order valence-corrected chi connectivity index (χ1v) is 7.42. The van der Waals surface area contributed by atoms with Crippen molar-refractivity contribution in [3.63, 3.8) is 0 Å². The van der Waals surface area contributed by atoms with Gasteiger partial charge in [0.1, 0.15) is 12.4 Å². The van der Waals surface area contributed by atoms with Crippen molar-refractivity contribution >= 4 is 21.8 Å². The fraction of sp³-hybridized carbons (Fsp3) is 0.533. The van der Waals surface area contributed by atoms with Crippen LogP contribution in [0.5, 0.6) is 5.75 Å². The number of amides is 1. The van der Waals surface area contributed by atoms with Gasteiger partial charge in [0.05, 0.1) is 11.4 Å². The lowest BCUT2D eigenvalue weighted by Gasteiger charge is -2.22. The van der Waals surface area contributed by atoms with Crippen LogP contribution in [0.2, 0.25) is 0 Å². The quantitative estimate of drug-likeness (QED) is 0.750. The summed E-state index contributed by atoms with van der Waals surface area (Å²) in [6.45, 7) is 7.15. The van der Waals surface area contributed by atoms with Crippen molar-refractivity contribution in [3.05, 3.63) is 29.8 Å². The van der Waals surface area contributed by atoms with Crippen molar-refractivity contribution in [1.29, 1.82) is 0 Å². The third-order valence-electron chi connectivity index (χ3n) is 2.98. The van der Waals surface area contributed by atoms with Gasteiger partial charge in [-0.3, -0.25) is 4.79 Å². The van der Waals surface area contributed by atoms with Gasteiger partial charge in [-0.1, -0.05) is 48.0 Å². The van der Waals surface area contributed by atoms with Crippen LogP contribution in [-0.4, -0.2) is 35.8 Å². The Hall–Kier alpha value is -1.03. The molecule has 0 aliphatic carbocycles. The number of carbonyl (C=O) groups is 1. The van der Waals surface area contributed by atoms with E-state index in [0.717, 1.165) is 11.3 Å². The maximum atomic E-state index is 12.0. The lowest BCUT2D eigenvalue weighted by Crippen LogP contribution is -2.38. The fourth-order valence-corrected chi connectivity index (χ4v) is 1.97. The van der Waals surface area contributed by atoms with Crippen molar-refractivity contribution in [3.8, 4) is 5.75 Å². The van der Waals surface area contributed by atoms with Gasteiger partial charge >= 0.3 is 0 Å². The van der Waals surface area contributed by atoms with E-state index in [1.165, 1.54) is 0 Å². The summed E-state index contributed by atoms with van der Waals surface area (Å²) in [6.07, 6.45) is 0. The van der Waals surface area contributed by atoms with Crippen LogP contribution in [0.4, 0.5) is 0 Å². The van der Waals surface area contributed by atoms with Crippen molar-refractivity contribution in [1.82, 2.24) is 4.90 Å². The molecule has 0 aromatic heterocycles. The van der Waals surface area contributed by atoms with E-state index in [0.29, 0.717) is 13.2 Å². The summed E-state index contributed by atoms with van der Waals surface area (Å²) < 4.78 is 5.69. The molecule has 1 amide bonds. The highest BCUT2D eigenvalue weighted by Crippen LogP contribution is 2.17. The molecular weight excluding hydrogens is 306 g/mol. The molecule has 0 radical (unpaired) electrons. The lowest BCUT2D eigenvalue weighted by atomic mass is 10.1. The number of alkyl halides is 1. The van der Waals surface area contributed by atoms with Crippen LogP contribution in [0.25, 0.3) is 0 Å². The Morgan fingerprint density at radius 2 is 2.00 bits per heavy atom. The Balaban J connectivity index is 2.41. The number of halogens is 1. The first-order valence-electron chi connectivity index (χ1n) is 6.51. The van der Waals surface area contributed by atoms with E-state index in [9.17, 15) is 4.79 Å². The summed E-state index contributed by atoms with van der Waals surface area (Å²) in [5.41, 5.74) is 1.11. The topological polar surface area (TPSA) is 29.5 Å². The fourth-order valence-electron chi connectivity index (χ4n) is 1.62. The molecule has 106 valence electrons. The molecule has 1 atom stereocenters. The Labute approximate surface area is 124 Å². The number of likely N-dealkylation sites (N-methyl/N-ethyl adjacent to an activating group) is 1.